The largest absolute Gasteiger partial charge is 0.416 e. The smallest absolute Gasteiger partial charge is 0.307 e. The molecule has 0 N–H and O–H groups in total. The standard InChI is InChI=1S/C41H25F3N4/c1-24-11-14-32-30-7-3-5-9-35(30)47(37(32)17-24)39-20-27(23-46)34(29-16-13-28(41(42,43)44)19-26(29)22-45)21-40(39)48-36-10-6-4-8-31(36)33-15-12-25(2)18-38(33)48/h3-21H,1-2H3. The maximum absolute atomic E-state index is 13.7. The Hall–Kier alpha value is -6.31. The van der Waals surface area contributed by atoms with Crippen molar-refractivity contribution in [3.63, 3.8) is 0 Å². The van der Waals surface area contributed by atoms with Crippen LogP contribution in [0.3, 0.4) is 0 Å². The molecule has 0 aliphatic carbocycles. The molecule has 0 aliphatic rings. The minimum absolute atomic E-state index is 0.161. The van der Waals surface area contributed by atoms with Gasteiger partial charge in [-0.3, -0.25) is 0 Å². The summed E-state index contributed by atoms with van der Waals surface area (Å²) >= 11 is 0. The quantitative estimate of drug-likeness (QED) is 0.195. The topological polar surface area (TPSA) is 57.4 Å². The lowest BCUT2D eigenvalue weighted by Gasteiger charge is -2.20. The summed E-state index contributed by atoms with van der Waals surface area (Å²) in [5.41, 5.74) is 7.13. The Labute approximate surface area is 273 Å². The number of para-hydroxylation sites is 2. The average Bonchev–Trinajstić information content (AvgIpc) is 3.58. The summed E-state index contributed by atoms with van der Waals surface area (Å²) in [6.45, 7) is 4.07. The zero-order valence-electron chi connectivity index (χ0n) is 25.9. The fourth-order valence-corrected chi connectivity index (χ4v) is 6.98. The van der Waals surface area contributed by atoms with E-state index in [1.165, 1.54) is 6.07 Å². The van der Waals surface area contributed by atoms with Gasteiger partial charge in [0.1, 0.15) is 0 Å². The van der Waals surface area contributed by atoms with Gasteiger partial charge in [0, 0.05) is 32.7 Å². The number of benzene rings is 6. The van der Waals surface area contributed by atoms with Crippen molar-refractivity contribution in [1.29, 1.82) is 10.5 Å². The highest BCUT2D eigenvalue weighted by molar-refractivity contribution is 6.12. The van der Waals surface area contributed by atoms with Crippen LogP contribution in [0.1, 0.15) is 27.8 Å². The molecule has 8 aromatic rings. The van der Waals surface area contributed by atoms with Crippen LogP contribution >= 0.6 is 0 Å². The van der Waals surface area contributed by atoms with E-state index in [0.717, 1.165) is 72.6 Å². The average molecular weight is 631 g/mol. The zero-order valence-corrected chi connectivity index (χ0v) is 25.9. The first-order chi connectivity index (χ1) is 23.2. The lowest BCUT2D eigenvalue weighted by Crippen LogP contribution is -2.07. The lowest BCUT2D eigenvalue weighted by atomic mass is 9.93. The van der Waals surface area contributed by atoms with Gasteiger partial charge in [0.25, 0.3) is 0 Å². The number of rotatable bonds is 3. The third-order valence-corrected chi connectivity index (χ3v) is 9.13. The van der Waals surface area contributed by atoms with E-state index in [1.54, 1.807) is 6.07 Å². The van der Waals surface area contributed by atoms with Crippen molar-refractivity contribution in [3.8, 4) is 34.6 Å². The van der Waals surface area contributed by atoms with Crippen LogP contribution in [0.4, 0.5) is 13.2 Å². The van der Waals surface area contributed by atoms with Gasteiger partial charge in [0.05, 0.1) is 62.3 Å². The number of aromatic nitrogens is 2. The molecule has 0 spiro atoms. The van der Waals surface area contributed by atoms with Crippen molar-refractivity contribution >= 4 is 43.6 Å². The second kappa shape index (κ2) is 10.6. The molecular weight excluding hydrogens is 605 g/mol. The predicted octanol–water partition coefficient (Wildman–Crippen LogP) is 10.9. The van der Waals surface area contributed by atoms with Gasteiger partial charge >= 0.3 is 6.18 Å². The summed E-state index contributed by atoms with van der Waals surface area (Å²) in [6.07, 6.45) is -4.62. The van der Waals surface area contributed by atoms with Crippen molar-refractivity contribution in [1.82, 2.24) is 9.13 Å². The van der Waals surface area contributed by atoms with Gasteiger partial charge in [-0.2, -0.15) is 23.7 Å². The molecular formula is C41H25F3N4. The van der Waals surface area contributed by atoms with Crippen LogP contribution in [-0.4, -0.2) is 9.13 Å². The van der Waals surface area contributed by atoms with Crippen LogP contribution in [0.2, 0.25) is 0 Å². The first-order valence-electron chi connectivity index (χ1n) is 15.4. The van der Waals surface area contributed by atoms with E-state index in [9.17, 15) is 23.7 Å². The van der Waals surface area contributed by atoms with Gasteiger partial charge in [0.2, 0.25) is 0 Å². The summed E-state index contributed by atoms with van der Waals surface area (Å²) in [5.74, 6) is 0. The highest BCUT2D eigenvalue weighted by Gasteiger charge is 2.31. The molecule has 230 valence electrons. The summed E-state index contributed by atoms with van der Waals surface area (Å²) in [7, 11) is 0. The fourth-order valence-electron chi connectivity index (χ4n) is 6.98. The molecule has 48 heavy (non-hydrogen) atoms. The van der Waals surface area contributed by atoms with Crippen LogP contribution in [0.5, 0.6) is 0 Å². The minimum atomic E-state index is -4.62. The van der Waals surface area contributed by atoms with Crippen molar-refractivity contribution in [2.45, 2.75) is 20.0 Å². The molecule has 7 heteroatoms. The van der Waals surface area contributed by atoms with Crippen LogP contribution in [0.15, 0.2) is 115 Å². The first-order valence-corrected chi connectivity index (χ1v) is 15.4. The number of hydrogen-bond acceptors (Lipinski definition) is 2. The van der Waals surface area contributed by atoms with Crippen molar-refractivity contribution in [3.05, 3.63) is 143 Å². The van der Waals surface area contributed by atoms with E-state index in [0.29, 0.717) is 11.3 Å². The molecule has 0 saturated heterocycles. The second-order valence-corrected chi connectivity index (χ2v) is 12.1. The Morgan fingerprint density at radius 1 is 0.500 bits per heavy atom. The molecule has 0 fully saturated rings. The van der Waals surface area contributed by atoms with E-state index >= 15 is 0 Å². The number of hydrogen-bond donors (Lipinski definition) is 0. The number of nitrogens with zero attached hydrogens (tertiary/aromatic N) is 4. The number of aryl methyl sites for hydroxylation is 2. The monoisotopic (exact) mass is 630 g/mol. The van der Waals surface area contributed by atoms with Crippen LogP contribution in [0, 0.1) is 36.5 Å². The molecule has 4 nitrogen and oxygen atoms in total. The summed E-state index contributed by atoms with van der Waals surface area (Å²) in [6, 6.07) is 39.8. The number of alkyl halides is 3. The van der Waals surface area contributed by atoms with E-state index in [2.05, 4.69) is 63.7 Å². The van der Waals surface area contributed by atoms with E-state index in [4.69, 9.17) is 0 Å². The Kier molecular flexibility index (Phi) is 6.44. The van der Waals surface area contributed by atoms with Gasteiger partial charge in [-0.15, -0.1) is 0 Å². The Morgan fingerprint density at radius 2 is 0.979 bits per heavy atom. The van der Waals surface area contributed by atoms with Crippen LogP contribution < -0.4 is 0 Å². The molecule has 2 heterocycles. The van der Waals surface area contributed by atoms with Crippen molar-refractivity contribution in [2.24, 2.45) is 0 Å². The van der Waals surface area contributed by atoms with E-state index in [-0.39, 0.29) is 16.7 Å². The maximum Gasteiger partial charge on any atom is 0.416 e. The molecule has 8 rings (SSSR count). The number of fused-ring (bicyclic) bond motifs is 6. The van der Waals surface area contributed by atoms with Crippen molar-refractivity contribution < 1.29 is 13.2 Å². The number of nitriles is 2. The summed E-state index contributed by atoms with van der Waals surface area (Å²) < 4.78 is 45.4. The van der Waals surface area contributed by atoms with Gasteiger partial charge in [-0.25, -0.2) is 0 Å². The Bertz CT molecular complexity index is 2710. The van der Waals surface area contributed by atoms with Gasteiger partial charge < -0.3 is 9.13 Å². The van der Waals surface area contributed by atoms with Gasteiger partial charge in [0.15, 0.2) is 0 Å². The molecule has 0 atom stereocenters. The van der Waals surface area contributed by atoms with Gasteiger partial charge in [-0.05, 0) is 73.5 Å². The Balaban J connectivity index is 1.57. The SMILES string of the molecule is Cc1ccc2c3ccccc3n(-c3cc(C#N)c(-c4ccc(C(F)(F)F)cc4C#N)cc3-n3c4ccccc4c4ccc(C)cc43)c2c1. The first kappa shape index (κ1) is 29.1. The highest BCUT2D eigenvalue weighted by Crippen LogP contribution is 2.42. The van der Waals surface area contributed by atoms with Crippen molar-refractivity contribution in [2.75, 3.05) is 0 Å². The third kappa shape index (κ3) is 4.36. The molecule has 6 aromatic carbocycles. The highest BCUT2D eigenvalue weighted by atomic mass is 19.4. The lowest BCUT2D eigenvalue weighted by molar-refractivity contribution is -0.137. The normalized spacial score (nSPS) is 11.8. The molecule has 2 aromatic heterocycles. The zero-order chi connectivity index (χ0) is 33.3. The molecule has 0 bridgehead atoms. The Morgan fingerprint density at radius 3 is 1.50 bits per heavy atom. The molecule has 0 saturated carbocycles. The van der Waals surface area contributed by atoms with Crippen LogP contribution in [-0.2, 0) is 6.18 Å². The van der Waals surface area contributed by atoms with E-state index in [1.807, 2.05) is 62.4 Å². The predicted molar refractivity (Wildman–Crippen MR) is 184 cm³/mol. The minimum Gasteiger partial charge on any atom is -0.307 e. The van der Waals surface area contributed by atoms with Crippen LogP contribution in [0.25, 0.3) is 66.1 Å². The van der Waals surface area contributed by atoms with Gasteiger partial charge in [-0.1, -0.05) is 66.7 Å². The maximum atomic E-state index is 13.7. The molecule has 0 radical (unpaired) electrons. The third-order valence-electron chi connectivity index (χ3n) is 9.13. The molecule has 0 aliphatic heterocycles. The number of halogens is 3. The summed E-state index contributed by atoms with van der Waals surface area (Å²) in [4.78, 5) is 0. The summed E-state index contributed by atoms with van der Waals surface area (Å²) in [5, 5.41) is 24.8. The second-order valence-electron chi connectivity index (χ2n) is 12.1. The molecule has 0 amide bonds. The van der Waals surface area contributed by atoms with E-state index < -0.39 is 11.7 Å². The molecule has 0 unspecified atom stereocenters. The fraction of sp³-hybridized carbons (Fsp3) is 0.0732.